The molecule has 3 nitrogen and oxygen atoms in total. The first-order chi connectivity index (χ1) is 8.81. The molecular formula is C15H20N2O. The van der Waals surface area contributed by atoms with Crippen LogP contribution in [0.2, 0.25) is 0 Å². The van der Waals surface area contributed by atoms with Gasteiger partial charge in [0.05, 0.1) is 17.7 Å². The molecule has 1 saturated carbocycles. The fourth-order valence-corrected chi connectivity index (χ4v) is 2.50. The van der Waals surface area contributed by atoms with Gasteiger partial charge in [-0.25, -0.2) is 0 Å². The van der Waals surface area contributed by atoms with Crippen molar-refractivity contribution in [1.82, 2.24) is 5.32 Å². The first-order valence-corrected chi connectivity index (χ1v) is 6.57. The van der Waals surface area contributed by atoms with Crippen LogP contribution in [0.5, 0.6) is 0 Å². The molecule has 0 saturated heterocycles. The van der Waals surface area contributed by atoms with E-state index in [0.29, 0.717) is 12.1 Å². The molecular weight excluding hydrogens is 224 g/mol. The number of benzene rings is 1. The third-order valence-corrected chi connectivity index (χ3v) is 3.64. The Balaban J connectivity index is 1.81. The molecule has 0 aromatic heterocycles. The van der Waals surface area contributed by atoms with E-state index in [-0.39, 0.29) is 0 Å². The van der Waals surface area contributed by atoms with E-state index >= 15 is 0 Å². The van der Waals surface area contributed by atoms with Gasteiger partial charge in [0.2, 0.25) is 0 Å². The molecule has 1 N–H and O–H groups in total. The summed E-state index contributed by atoms with van der Waals surface area (Å²) >= 11 is 0. The second-order valence-electron chi connectivity index (χ2n) is 4.91. The van der Waals surface area contributed by atoms with Gasteiger partial charge in [0.25, 0.3) is 0 Å². The summed E-state index contributed by atoms with van der Waals surface area (Å²) < 4.78 is 5.43. The number of nitrogens with one attached hydrogen (secondary N) is 1. The van der Waals surface area contributed by atoms with Gasteiger partial charge >= 0.3 is 0 Å². The average molecular weight is 244 g/mol. The monoisotopic (exact) mass is 244 g/mol. The summed E-state index contributed by atoms with van der Waals surface area (Å²) in [4.78, 5) is 0. The highest BCUT2D eigenvalue weighted by Crippen LogP contribution is 2.20. The van der Waals surface area contributed by atoms with Gasteiger partial charge in [0.1, 0.15) is 0 Å². The minimum atomic E-state index is 0.414. The first kappa shape index (κ1) is 13.1. The van der Waals surface area contributed by atoms with Crippen LogP contribution in [0.3, 0.4) is 0 Å². The maximum atomic E-state index is 8.74. The lowest BCUT2D eigenvalue weighted by Crippen LogP contribution is -2.36. The normalized spacial score (nSPS) is 23.6. The molecule has 2 rings (SSSR count). The van der Waals surface area contributed by atoms with Crippen molar-refractivity contribution in [2.75, 3.05) is 7.11 Å². The number of nitriles is 1. The van der Waals surface area contributed by atoms with Crippen LogP contribution >= 0.6 is 0 Å². The number of hydrogen-bond acceptors (Lipinski definition) is 3. The Morgan fingerprint density at radius 1 is 1.33 bits per heavy atom. The standard InChI is InChI=1S/C15H20N2O/c1-18-15-4-2-3-14(9-15)17-11-13-7-5-12(10-16)6-8-13/h5-8,14-15,17H,2-4,9,11H2,1H3. The van der Waals surface area contributed by atoms with Crippen molar-refractivity contribution in [1.29, 1.82) is 5.26 Å². The molecule has 0 amide bonds. The Hall–Kier alpha value is -1.37. The maximum absolute atomic E-state index is 8.74. The molecule has 1 aromatic rings. The summed E-state index contributed by atoms with van der Waals surface area (Å²) in [6.07, 6.45) is 5.18. The molecule has 1 fully saturated rings. The van der Waals surface area contributed by atoms with E-state index in [1.165, 1.54) is 24.8 Å². The molecule has 1 aliphatic rings. The summed E-state index contributed by atoms with van der Waals surface area (Å²) in [5, 5.41) is 12.3. The van der Waals surface area contributed by atoms with Crippen LogP contribution in [0.15, 0.2) is 24.3 Å². The van der Waals surface area contributed by atoms with Crippen molar-refractivity contribution in [3.63, 3.8) is 0 Å². The van der Waals surface area contributed by atoms with Crippen molar-refractivity contribution in [3.8, 4) is 6.07 Å². The van der Waals surface area contributed by atoms with Crippen molar-refractivity contribution in [2.45, 2.75) is 44.4 Å². The molecule has 3 heteroatoms. The lowest BCUT2D eigenvalue weighted by molar-refractivity contribution is 0.0586. The molecule has 1 aromatic carbocycles. The van der Waals surface area contributed by atoms with E-state index in [1.54, 1.807) is 7.11 Å². The molecule has 0 heterocycles. The lowest BCUT2D eigenvalue weighted by Gasteiger charge is -2.29. The highest BCUT2D eigenvalue weighted by Gasteiger charge is 2.20. The second kappa shape index (κ2) is 6.53. The maximum Gasteiger partial charge on any atom is 0.0991 e. The fraction of sp³-hybridized carbons (Fsp3) is 0.533. The van der Waals surface area contributed by atoms with Gasteiger partial charge in [-0.05, 0) is 43.4 Å². The van der Waals surface area contributed by atoms with Gasteiger partial charge in [-0.15, -0.1) is 0 Å². The molecule has 2 atom stereocenters. The molecule has 0 radical (unpaired) electrons. The number of methoxy groups -OCH3 is 1. The third-order valence-electron chi connectivity index (χ3n) is 3.64. The van der Waals surface area contributed by atoms with E-state index in [2.05, 4.69) is 11.4 Å². The zero-order chi connectivity index (χ0) is 12.8. The Morgan fingerprint density at radius 2 is 2.11 bits per heavy atom. The van der Waals surface area contributed by atoms with Crippen LogP contribution in [0.1, 0.15) is 36.8 Å². The van der Waals surface area contributed by atoms with Crippen LogP contribution < -0.4 is 5.32 Å². The Bertz CT molecular complexity index is 407. The van der Waals surface area contributed by atoms with E-state index in [0.717, 1.165) is 18.5 Å². The fourth-order valence-electron chi connectivity index (χ4n) is 2.50. The molecule has 0 bridgehead atoms. The van der Waals surface area contributed by atoms with Gasteiger partial charge in [0.15, 0.2) is 0 Å². The predicted octanol–water partition coefficient (Wildman–Crippen LogP) is 2.61. The van der Waals surface area contributed by atoms with Crippen LogP contribution in [0.25, 0.3) is 0 Å². The minimum Gasteiger partial charge on any atom is -0.381 e. The largest absolute Gasteiger partial charge is 0.381 e. The second-order valence-corrected chi connectivity index (χ2v) is 4.91. The quantitative estimate of drug-likeness (QED) is 0.885. The van der Waals surface area contributed by atoms with Crippen LogP contribution in [0, 0.1) is 11.3 Å². The van der Waals surface area contributed by atoms with E-state index in [9.17, 15) is 0 Å². The van der Waals surface area contributed by atoms with Crippen molar-refractivity contribution < 1.29 is 4.74 Å². The molecule has 0 spiro atoms. The van der Waals surface area contributed by atoms with Crippen molar-refractivity contribution in [3.05, 3.63) is 35.4 Å². The van der Waals surface area contributed by atoms with Gasteiger partial charge in [0, 0.05) is 19.7 Å². The van der Waals surface area contributed by atoms with Crippen LogP contribution in [-0.2, 0) is 11.3 Å². The first-order valence-electron chi connectivity index (χ1n) is 6.57. The number of rotatable bonds is 4. The van der Waals surface area contributed by atoms with E-state index in [4.69, 9.17) is 10.00 Å². The summed E-state index contributed by atoms with van der Waals surface area (Å²) in [5.41, 5.74) is 1.95. The molecule has 0 aliphatic heterocycles. The lowest BCUT2D eigenvalue weighted by atomic mass is 9.92. The average Bonchev–Trinajstić information content (AvgIpc) is 2.46. The van der Waals surface area contributed by atoms with E-state index in [1.807, 2.05) is 24.3 Å². The highest BCUT2D eigenvalue weighted by molar-refractivity contribution is 5.31. The summed E-state index contributed by atoms with van der Waals surface area (Å²) in [6.45, 7) is 0.868. The Labute approximate surface area is 109 Å². The summed E-state index contributed by atoms with van der Waals surface area (Å²) in [7, 11) is 1.80. The Morgan fingerprint density at radius 3 is 2.78 bits per heavy atom. The molecule has 2 unspecified atom stereocenters. The molecule has 1 aliphatic carbocycles. The predicted molar refractivity (Wildman–Crippen MR) is 71.0 cm³/mol. The number of nitrogens with zero attached hydrogens (tertiary/aromatic N) is 1. The zero-order valence-electron chi connectivity index (χ0n) is 10.9. The Kier molecular flexibility index (Phi) is 4.74. The smallest absolute Gasteiger partial charge is 0.0991 e. The minimum absolute atomic E-state index is 0.414. The summed E-state index contributed by atoms with van der Waals surface area (Å²) in [5.74, 6) is 0. The summed E-state index contributed by atoms with van der Waals surface area (Å²) in [6, 6.07) is 10.5. The van der Waals surface area contributed by atoms with E-state index < -0.39 is 0 Å². The number of ether oxygens (including phenoxy) is 1. The van der Waals surface area contributed by atoms with Crippen LogP contribution in [0.4, 0.5) is 0 Å². The topological polar surface area (TPSA) is 45.0 Å². The van der Waals surface area contributed by atoms with Crippen molar-refractivity contribution in [2.24, 2.45) is 0 Å². The van der Waals surface area contributed by atoms with Crippen LogP contribution in [-0.4, -0.2) is 19.3 Å². The van der Waals surface area contributed by atoms with Crippen molar-refractivity contribution >= 4 is 0 Å². The third kappa shape index (κ3) is 3.56. The SMILES string of the molecule is COC1CCCC(NCc2ccc(C#N)cc2)C1. The molecule has 18 heavy (non-hydrogen) atoms. The number of hydrogen-bond donors (Lipinski definition) is 1. The van der Waals surface area contributed by atoms with Gasteiger partial charge < -0.3 is 10.1 Å². The van der Waals surface area contributed by atoms with Gasteiger partial charge in [-0.1, -0.05) is 12.1 Å². The molecule has 96 valence electrons. The van der Waals surface area contributed by atoms with Gasteiger partial charge in [-0.3, -0.25) is 0 Å². The van der Waals surface area contributed by atoms with Gasteiger partial charge in [-0.2, -0.15) is 5.26 Å². The highest BCUT2D eigenvalue weighted by atomic mass is 16.5. The zero-order valence-corrected chi connectivity index (χ0v) is 10.9.